The summed E-state index contributed by atoms with van der Waals surface area (Å²) in [4.78, 5) is 6.53. The third-order valence-corrected chi connectivity index (χ3v) is 3.68. The number of benzene rings is 1. The summed E-state index contributed by atoms with van der Waals surface area (Å²) in [5.74, 6) is 0.871. The van der Waals surface area contributed by atoms with Crippen LogP contribution in [0.2, 0.25) is 5.02 Å². The fourth-order valence-corrected chi connectivity index (χ4v) is 2.75. The number of para-hydroxylation sites is 1. The summed E-state index contributed by atoms with van der Waals surface area (Å²) in [5.41, 5.74) is 7.87. The molecular formula is C14H15BrClN3. The van der Waals surface area contributed by atoms with Gasteiger partial charge in [-0.05, 0) is 40.5 Å². The van der Waals surface area contributed by atoms with Crippen LogP contribution in [0.3, 0.4) is 0 Å². The Morgan fingerprint density at radius 3 is 2.74 bits per heavy atom. The molecule has 0 aliphatic heterocycles. The van der Waals surface area contributed by atoms with E-state index in [0.29, 0.717) is 5.02 Å². The van der Waals surface area contributed by atoms with E-state index in [1.54, 1.807) is 6.20 Å². The van der Waals surface area contributed by atoms with Crippen LogP contribution in [0.5, 0.6) is 0 Å². The van der Waals surface area contributed by atoms with E-state index >= 15 is 0 Å². The maximum absolute atomic E-state index is 5.98. The Morgan fingerprint density at radius 1 is 1.37 bits per heavy atom. The van der Waals surface area contributed by atoms with Crippen LogP contribution in [-0.4, -0.2) is 11.5 Å². The third kappa shape index (κ3) is 3.39. The van der Waals surface area contributed by atoms with Crippen LogP contribution >= 0.6 is 27.5 Å². The molecule has 2 rings (SSSR count). The van der Waals surface area contributed by atoms with E-state index in [4.69, 9.17) is 17.3 Å². The predicted molar refractivity (Wildman–Crippen MR) is 84.5 cm³/mol. The van der Waals surface area contributed by atoms with Gasteiger partial charge in [0.05, 0.1) is 9.50 Å². The Bertz CT molecular complexity index is 574. The number of anilines is 2. The van der Waals surface area contributed by atoms with Crippen LogP contribution in [0.1, 0.15) is 12.5 Å². The molecule has 0 fully saturated rings. The first-order chi connectivity index (χ1) is 9.11. The summed E-state index contributed by atoms with van der Waals surface area (Å²) in [6.07, 6.45) is 1.65. The molecule has 0 radical (unpaired) electrons. The van der Waals surface area contributed by atoms with Crippen molar-refractivity contribution in [3.63, 3.8) is 0 Å². The van der Waals surface area contributed by atoms with Gasteiger partial charge in [0.15, 0.2) is 0 Å². The van der Waals surface area contributed by atoms with Gasteiger partial charge in [0.25, 0.3) is 0 Å². The van der Waals surface area contributed by atoms with Gasteiger partial charge in [-0.2, -0.15) is 0 Å². The van der Waals surface area contributed by atoms with E-state index < -0.39 is 0 Å². The van der Waals surface area contributed by atoms with Crippen LogP contribution < -0.4 is 10.6 Å². The Balaban J connectivity index is 2.28. The molecule has 1 aromatic heterocycles. The topological polar surface area (TPSA) is 42.1 Å². The molecule has 0 unspecified atom stereocenters. The minimum Gasteiger partial charge on any atom is -0.398 e. The van der Waals surface area contributed by atoms with Crippen LogP contribution in [-0.2, 0) is 6.54 Å². The molecule has 100 valence electrons. The molecule has 1 aromatic carbocycles. The molecule has 0 saturated heterocycles. The van der Waals surface area contributed by atoms with Gasteiger partial charge in [-0.3, -0.25) is 0 Å². The normalized spacial score (nSPS) is 10.5. The summed E-state index contributed by atoms with van der Waals surface area (Å²) in [6.45, 7) is 3.64. The molecule has 2 aromatic rings. The number of nitrogens with two attached hydrogens (primary N) is 1. The van der Waals surface area contributed by atoms with Crippen LogP contribution in [0.15, 0.2) is 41.0 Å². The third-order valence-electron chi connectivity index (χ3n) is 2.89. The molecule has 0 amide bonds. The van der Waals surface area contributed by atoms with E-state index in [2.05, 4.69) is 32.7 Å². The summed E-state index contributed by atoms with van der Waals surface area (Å²) < 4.78 is 0.886. The molecule has 0 aliphatic rings. The quantitative estimate of drug-likeness (QED) is 0.852. The Kier molecular flexibility index (Phi) is 4.66. The van der Waals surface area contributed by atoms with Crippen molar-refractivity contribution in [2.24, 2.45) is 0 Å². The molecule has 0 atom stereocenters. The minimum absolute atomic E-state index is 0.617. The Labute approximate surface area is 126 Å². The maximum atomic E-state index is 5.98. The lowest BCUT2D eigenvalue weighted by molar-refractivity contribution is 0.812. The van der Waals surface area contributed by atoms with Crippen molar-refractivity contribution >= 4 is 39.0 Å². The number of nitrogens with zero attached hydrogens (tertiary/aromatic N) is 2. The number of rotatable bonds is 4. The van der Waals surface area contributed by atoms with Crippen LogP contribution in [0.4, 0.5) is 11.5 Å². The van der Waals surface area contributed by atoms with Gasteiger partial charge in [0.2, 0.25) is 0 Å². The summed E-state index contributed by atoms with van der Waals surface area (Å²) in [7, 11) is 0. The SMILES string of the molecule is CCN(Cc1ccccc1N)c1ncc(Cl)cc1Br. The average Bonchev–Trinajstić information content (AvgIpc) is 2.39. The van der Waals surface area contributed by atoms with Crippen LogP contribution in [0, 0.1) is 0 Å². The molecule has 0 spiro atoms. The van der Waals surface area contributed by atoms with Gasteiger partial charge in [-0.15, -0.1) is 0 Å². The van der Waals surface area contributed by atoms with E-state index in [0.717, 1.165) is 34.6 Å². The number of nitrogen functional groups attached to an aromatic ring is 1. The molecule has 1 heterocycles. The van der Waals surface area contributed by atoms with Crippen molar-refractivity contribution in [2.75, 3.05) is 17.2 Å². The summed E-state index contributed by atoms with van der Waals surface area (Å²) in [6, 6.07) is 9.71. The fourth-order valence-electron chi connectivity index (χ4n) is 1.86. The lowest BCUT2D eigenvalue weighted by atomic mass is 10.1. The van der Waals surface area contributed by atoms with E-state index in [-0.39, 0.29) is 0 Å². The second-order valence-corrected chi connectivity index (χ2v) is 5.46. The smallest absolute Gasteiger partial charge is 0.143 e. The summed E-state index contributed by atoms with van der Waals surface area (Å²) in [5, 5.41) is 0.617. The highest BCUT2D eigenvalue weighted by Crippen LogP contribution is 2.28. The largest absolute Gasteiger partial charge is 0.398 e. The average molecular weight is 341 g/mol. The van der Waals surface area contributed by atoms with Crippen molar-refractivity contribution in [2.45, 2.75) is 13.5 Å². The second-order valence-electron chi connectivity index (χ2n) is 4.17. The number of hydrogen-bond acceptors (Lipinski definition) is 3. The zero-order valence-electron chi connectivity index (χ0n) is 10.6. The first kappa shape index (κ1) is 14.2. The molecule has 0 bridgehead atoms. The highest BCUT2D eigenvalue weighted by molar-refractivity contribution is 9.10. The zero-order valence-corrected chi connectivity index (χ0v) is 12.9. The van der Waals surface area contributed by atoms with Crippen molar-refractivity contribution in [3.8, 4) is 0 Å². The van der Waals surface area contributed by atoms with E-state index in [1.807, 2.05) is 30.3 Å². The van der Waals surface area contributed by atoms with Crippen molar-refractivity contribution in [1.82, 2.24) is 4.98 Å². The second kappa shape index (κ2) is 6.26. The van der Waals surface area contributed by atoms with E-state index in [9.17, 15) is 0 Å². The monoisotopic (exact) mass is 339 g/mol. The van der Waals surface area contributed by atoms with Crippen LogP contribution in [0.25, 0.3) is 0 Å². The minimum atomic E-state index is 0.617. The standard InChI is InChI=1S/C14H15BrClN3/c1-2-19(9-10-5-3-4-6-13(10)17)14-12(15)7-11(16)8-18-14/h3-8H,2,9,17H2,1H3. The molecule has 19 heavy (non-hydrogen) atoms. The highest BCUT2D eigenvalue weighted by atomic mass is 79.9. The van der Waals surface area contributed by atoms with Crippen molar-refractivity contribution in [3.05, 3.63) is 51.6 Å². The molecule has 0 saturated carbocycles. The number of hydrogen-bond donors (Lipinski definition) is 1. The maximum Gasteiger partial charge on any atom is 0.143 e. The summed E-state index contributed by atoms with van der Waals surface area (Å²) >= 11 is 9.42. The molecule has 3 nitrogen and oxygen atoms in total. The Hall–Kier alpha value is -1.26. The number of pyridine rings is 1. The van der Waals surface area contributed by atoms with Gasteiger partial charge < -0.3 is 10.6 Å². The lowest BCUT2D eigenvalue weighted by Crippen LogP contribution is -2.24. The van der Waals surface area contributed by atoms with Crippen molar-refractivity contribution in [1.29, 1.82) is 0 Å². The first-order valence-electron chi connectivity index (χ1n) is 6.01. The molecule has 2 N–H and O–H groups in total. The highest BCUT2D eigenvalue weighted by Gasteiger charge is 2.12. The van der Waals surface area contributed by atoms with Gasteiger partial charge >= 0.3 is 0 Å². The predicted octanol–water partition coefficient (Wildman–Crippen LogP) is 4.11. The van der Waals surface area contributed by atoms with E-state index in [1.165, 1.54) is 0 Å². The fraction of sp³-hybridized carbons (Fsp3) is 0.214. The van der Waals surface area contributed by atoms with Gasteiger partial charge in [0, 0.05) is 25.0 Å². The van der Waals surface area contributed by atoms with Gasteiger partial charge in [-0.1, -0.05) is 29.8 Å². The molecule has 5 heteroatoms. The van der Waals surface area contributed by atoms with Gasteiger partial charge in [-0.25, -0.2) is 4.98 Å². The zero-order chi connectivity index (χ0) is 13.8. The first-order valence-corrected chi connectivity index (χ1v) is 7.18. The van der Waals surface area contributed by atoms with Gasteiger partial charge in [0.1, 0.15) is 5.82 Å². The Morgan fingerprint density at radius 2 is 2.11 bits per heavy atom. The van der Waals surface area contributed by atoms with Crippen molar-refractivity contribution < 1.29 is 0 Å². The molecule has 0 aliphatic carbocycles. The number of aromatic nitrogens is 1. The lowest BCUT2D eigenvalue weighted by Gasteiger charge is -2.23. The molecular weight excluding hydrogens is 326 g/mol. The number of halogens is 2.